The molecule has 3 heteroatoms. The molecule has 1 aromatic carbocycles. The number of nitrogens with zero attached hydrogens (tertiary/aromatic N) is 1. The summed E-state index contributed by atoms with van der Waals surface area (Å²) >= 11 is 0. The van der Waals surface area contributed by atoms with Gasteiger partial charge in [-0.25, -0.2) is 4.39 Å². The summed E-state index contributed by atoms with van der Waals surface area (Å²) in [4.78, 5) is 2.39. The van der Waals surface area contributed by atoms with Gasteiger partial charge in [-0.3, -0.25) is 0 Å². The molecule has 1 aromatic rings. The summed E-state index contributed by atoms with van der Waals surface area (Å²) in [6, 6.07) is 6.31. The zero-order chi connectivity index (χ0) is 13.8. The van der Waals surface area contributed by atoms with E-state index < -0.39 is 0 Å². The summed E-state index contributed by atoms with van der Waals surface area (Å²) in [6.07, 6.45) is 3.63. The van der Waals surface area contributed by atoms with Gasteiger partial charge in [0.1, 0.15) is 5.82 Å². The smallest absolute Gasteiger partial charge is 0.126 e. The first-order valence-corrected chi connectivity index (χ1v) is 7.27. The van der Waals surface area contributed by atoms with Crippen molar-refractivity contribution in [3.63, 3.8) is 0 Å². The van der Waals surface area contributed by atoms with Crippen molar-refractivity contribution in [2.75, 3.05) is 20.1 Å². The van der Waals surface area contributed by atoms with E-state index in [1.807, 2.05) is 12.1 Å². The van der Waals surface area contributed by atoms with Crippen LogP contribution in [0.4, 0.5) is 4.39 Å². The third kappa shape index (κ3) is 4.02. The number of aryl methyl sites for hydroxylation is 1. The fraction of sp³-hybridized carbons (Fsp3) is 0.625. The van der Waals surface area contributed by atoms with E-state index >= 15 is 0 Å². The Labute approximate surface area is 116 Å². The molecule has 2 rings (SSSR count). The number of rotatable bonds is 3. The Balaban J connectivity index is 1.96. The van der Waals surface area contributed by atoms with E-state index in [4.69, 9.17) is 0 Å². The van der Waals surface area contributed by atoms with Gasteiger partial charge in [0, 0.05) is 12.1 Å². The molecule has 1 fully saturated rings. The molecule has 1 saturated heterocycles. The second-order valence-electron chi connectivity index (χ2n) is 5.83. The van der Waals surface area contributed by atoms with Gasteiger partial charge in [-0.05, 0) is 70.4 Å². The molecule has 0 radical (unpaired) electrons. The fourth-order valence-corrected chi connectivity index (χ4v) is 2.73. The van der Waals surface area contributed by atoms with E-state index in [9.17, 15) is 4.39 Å². The average Bonchev–Trinajstić information content (AvgIpc) is 2.58. The minimum atomic E-state index is -0.105. The van der Waals surface area contributed by atoms with Crippen molar-refractivity contribution in [2.45, 2.75) is 45.2 Å². The van der Waals surface area contributed by atoms with Gasteiger partial charge < -0.3 is 10.2 Å². The minimum Gasteiger partial charge on any atom is -0.307 e. The highest BCUT2D eigenvalue weighted by Crippen LogP contribution is 2.19. The largest absolute Gasteiger partial charge is 0.307 e. The number of hydrogen-bond acceptors (Lipinski definition) is 2. The normalized spacial score (nSPS) is 23.1. The maximum Gasteiger partial charge on any atom is 0.126 e. The first-order valence-electron chi connectivity index (χ1n) is 7.27. The Bertz CT molecular complexity index is 419. The van der Waals surface area contributed by atoms with Gasteiger partial charge in [0.2, 0.25) is 0 Å². The van der Waals surface area contributed by atoms with Gasteiger partial charge in [0.25, 0.3) is 0 Å². The molecule has 106 valence electrons. The Morgan fingerprint density at radius 1 is 1.32 bits per heavy atom. The van der Waals surface area contributed by atoms with Crippen LogP contribution in [0.2, 0.25) is 0 Å². The Morgan fingerprint density at radius 3 is 2.84 bits per heavy atom. The van der Waals surface area contributed by atoms with Crippen molar-refractivity contribution in [1.29, 1.82) is 0 Å². The number of nitrogens with one attached hydrogen (secondary N) is 1. The summed E-state index contributed by atoms with van der Waals surface area (Å²) in [5.41, 5.74) is 1.76. The summed E-state index contributed by atoms with van der Waals surface area (Å²) in [5, 5.41) is 3.65. The molecule has 1 heterocycles. The fourth-order valence-electron chi connectivity index (χ4n) is 2.73. The van der Waals surface area contributed by atoms with Crippen LogP contribution in [-0.4, -0.2) is 31.1 Å². The number of halogens is 1. The molecule has 0 amide bonds. The van der Waals surface area contributed by atoms with Crippen LogP contribution in [0.1, 0.15) is 43.4 Å². The van der Waals surface area contributed by atoms with E-state index in [-0.39, 0.29) is 11.9 Å². The molecule has 1 N–H and O–H groups in total. The zero-order valence-corrected chi connectivity index (χ0v) is 12.2. The van der Waals surface area contributed by atoms with E-state index in [0.717, 1.165) is 12.1 Å². The molecule has 19 heavy (non-hydrogen) atoms. The minimum absolute atomic E-state index is 0.105. The molecule has 1 aliphatic heterocycles. The van der Waals surface area contributed by atoms with Crippen LogP contribution < -0.4 is 5.32 Å². The highest BCUT2D eigenvalue weighted by atomic mass is 19.1. The SMILES string of the molecule is Cc1ccc(C(C)NC2CCCN(C)CC2)cc1F. The quantitative estimate of drug-likeness (QED) is 0.901. The van der Waals surface area contributed by atoms with Gasteiger partial charge in [-0.1, -0.05) is 12.1 Å². The van der Waals surface area contributed by atoms with Gasteiger partial charge in [0.05, 0.1) is 0 Å². The second kappa shape index (κ2) is 6.49. The standard InChI is InChI=1S/C16H25FN2/c1-12-6-7-14(11-16(12)17)13(2)18-15-5-4-9-19(3)10-8-15/h6-7,11,13,15,18H,4-5,8-10H2,1-3H3. The van der Waals surface area contributed by atoms with Gasteiger partial charge in [-0.2, -0.15) is 0 Å². The van der Waals surface area contributed by atoms with E-state index in [0.29, 0.717) is 11.6 Å². The van der Waals surface area contributed by atoms with Crippen LogP contribution in [0.15, 0.2) is 18.2 Å². The number of likely N-dealkylation sites (tertiary alicyclic amines) is 1. The van der Waals surface area contributed by atoms with Crippen molar-refractivity contribution in [3.05, 3.63) is 35.1 Å². The molecule has 0 bridgehead atoms. The number of hydrogen-bond donors (Lipinski definition) is 1. The monoisotopic (exact) mass is 264 g/mol. The van der Waals surface area contributed by atoms with Crippen molar-refractivity contribution in [1.82, 2.24) is 10.2 Å². The summed E-state index contributed by atoms with van der Waals surface area (Å²) < 4.78 is 13.6. The lowest BCUT2D eigenvalue weighted by atomic mass is 10.0. The molecule has 0 aliphatic carbocycles. The lowest BCUT2D eigenvalue weighted by Crippen LogP contribution is -2.32. The predicted octanol–water partition coefficient (Wildman–Crippen LogP) is 3.27. The molecule has 0 saturated carbocycles. The average molecular weight is 264 g/mol. The molecule has 2 nitrogen and oxygen atoms in total. The van der Waals surface area contributed by atoms with Gasteiger partial charge >= 0.3 is 0 Å². The third-order valence-electron chi connectivity index (χ3n) is 4.13. The first-order chi connectivity index (χ1) is 9.06. The molecule has 2 atom stereocenters. The molecule has 2 unspecified atom stereocenters. The van der Waals surface area contributed by atoms with Gasteiger partial charge in [0.15, 0.2) is 0 Å². The summed E-state index contributed by atoms with van der Waals surface area (Å²) in [5.74, 6) is -0.105. The zero-order valence-electron chi connectivity index (χ0n) is 12.2. The first kappa shape index (κ1) is 14.5. The van der Waals surface area contributed by atoms with Crippen LogP contribution in [-0.2, 0) is 0 Å². The second-order valence-corrected chi connectivity index (χ2v) is 5.83. The topological polar surface area (TPSA) is 15.3 Å². The van der Waals surface area contributed by atoms with E-state index in [1.54, 1.807) is 13.0 Å². The molecule has 0 aromatic heterocycles. The van der Waals surface area contributed by atoms with E-state index in [1.165, 1.54) is 25.8 Å². The maximum absolute atomic E-state index is 13.6. The van der Waals surface area contributed by atoms with Crippen LogP contribution in [0.3, 0.4) is 0 Å². The molecular weight excluding hydrogens is 239 g/mol. The maximum atomic E-state index is 13.6. The lowest BCUT2D eigenvalue weighted by Gasteiger charge is -2.22. The Morgan fingerprint density at radius 2 is 2.11 bits per heavy atom. The van der Waals surface area contributed by atoms with E-state index in [2.05, 4.69) is 24.2 Å². The highest BCUT2D eigenvalue weighted by molar-refractivity contribution is 5.25. The third-order valence-corrected chi connectivity index (χ3v) is 4.13. The summed E-state index contributed by atoms with van der Waals surface area (Å²) in [6.45, 7) is 6.26. The highest BCUT2D eigenvalue weighted by Gasteiger charge is 2.17. The van der Waals surface area contributed by atoms with Crippen molar-refractivity contribution < 1.29 is 4.39 Å². The van der Waals surface area contributed by atoms with Crippen molar-refractivity contribution >= 4 is 0 Å². The van der Waals surface area contributed by atoms with Crippen molar-refractivity contribution in [2.24, 2.45) is 0 Å². The predicted molar refractivity (Wildman–Crippen MR) is 77.8 cm³/mol. The molecular formula is C16H25FN2. The van der Waals surface area contributed by atoms with Crippen molar-refractivity contribution in [3.8, 4) is 0 Å². The molecule has 0 spiro atoms. The molecule has 1 aliphatic rings. The summed E-state index contributed by atoms with van der Waals surface area (Å²) in [7, 11) is 2.18. The Hall–Kier alpha value is -0.930. The van der Waals surface area contributed by atoms with Gasteiger partial charge in [-0.15, -0.1) is 0 Å². The number of benzene rings is 1. The van der Waals surface area contributed by atoms with Crippen LogP contribution in [0.25, 0.3) is 0 Å². The van der Waals surface area contributed by atoms with Crippen LogP contribution in [0.5, 0.6) is 0 Å². The van der Waals surface area contributed by atoms with Crippen LogP contribution in [0, 0.1) is 12.7 Å². The lowest BCUT2D eigenvalue weighted by molar-refractivity contribution is 0.340. The van der Waals surface area contributed by atoms with Crippen LogP contribution >= 0.6 is 0 Å². The Kier molecular flexibility index (Phi) is 4.94.